The molecule has 100 valence electrons. The molecule has 0 fully saturated rings. The number of benzene rings is 1. The third-order valence-corrected chi connectivity index (χ3v) is 4.96. The van der Waals surface area contributed by atoms with Gasteiger partial charge in [0.2, 0.25) is 0 Å². The molecule has 0 radical (unpaired) electrons. The molecule has 0 atom stereocenters. The van der Waals surface area contributed by atoms with Crippen LogP contribution >= 0.6 is 38.9 Å². The van der Waals surface area contributed by atoms with Crippen LogP contribution in [0, 0.1) is 0 Å². The average Bonchev–Trinajstić information content (AvgIpc) is 2.75. The summed E-state index contributed by atoms with van der Waals surface area (Å²) in [7, 11) is 1.37. The van der Waals surface area contributed by atoms with Crippen LogP contribution in [0.15, 0.2) is 34.8 Å². The quantitative estimate of drug-likeness (QED) is 0.812. The van der Waals surface area contributed by atoms with Crippen LogP contribution in [0.1, 0.15) is 15.2 Å². The number of hydrogen-bond acceptors (Lipinski definition) is 4. The minimum absolute atomic E-state index is 0.353. The van der Waals surface area contributed by atoms with Gasteiger partial charge < -0.3 is 10.1 Å². The largest absolute Gasteiger partial charge is 0.465 e. The van der Waals surface area contributed by atoms with Crippen molar-refractivity contribution >= 4 is 50.5 Å². The molecule has 0 bridgehead atoms. The van der Waals surface area contributed by atoms with E-state index in [4.69, 9.17) is 16.3 Å². The van der Waals surface area contributed by atoms with E-state index in [0.29, 0.717) is 12.1 Å². The zero-order chi connectivity index (χ0) is 13.8. The van der Waals surface area contributed by atoms with E-state index >= 15 is 0 Å². The van der Waals surface area contributed by atoms with E-state index in [9.17, 15) is 4.79 Å². The summed E-state index contributed by atoms with van der Waals surface area (Å²) < 4.78 is 6.35. The maximum Gasteiger partial charge on any atom is 0.339 e. The summed E-state index contributed by atoms with van der Waals surface area (Å²) in [6, 6.07) is 9.20. The van der Waals surface area contributed by atoms with Crippen LogP contribution in [0.3, 0.4) is 0 Å². The van der Waals surface area contributed by atoms with Crippen molar-refractivity contribution in [2.24, 2.45) is 0 Å². The molecule has 0 aliphatic carbocycles. The van der Waals surface area contributed by atoms with Crippen molar-refractivity contribution in [3.63, 3.8) is 0 Å². The van der Waals surface area contributed by atoms with Crippen LogP contribution in [-0.2, 0) is 11.3 Å². The number of carbonyl (C=O) groups is 1. The van der Waals surface area contributed by atoms with Crippen molar-refractivity contribution in [2.45, 2.75) is 6.54 Å². The van der Waals surface area contributed by atoms with Gasteiger partial charge in [0.1, 0.15) is 4.34 Å². The molecule has 1 aromatic heterocycles. The highest BCUT2D eigenvalue weighted by atomic mass is 79.9. The summed E-state index contributed by atoms with van der Waals surface area (Å²) in [5.41, 5.74) is 1.27. The topological polar surface area (TPSA) is 38.3 Å². The lowest BCUT2D eigenvalue weighted by atomic mass is 10.2. The first-order valence-electron chi connectivity index (χ1n) is 5.46. The standard InChI is InChI=1S/C13H11BrClNO2S/c1-18-13(17)9-4-2-3-5-11(9)16-7-8-6-10(14)12(15)19-8/h2-6,16H,7H2,1H3. The number of ether oxygens (including phenoxy) is 1. The fourth-order valence-electron chi connectivity index (χ4n) is 1.59. The van der Waals surface area contributed by atoms with Gasteiger partial charge in [0, 0.05) is 21.6 Å². The Morgan fingerprint density at radius 3 is 2.84 bits per heavy atom. The first-order valence-corrected chi connectivity index (χ1v) is 7.45. The Bertz CT molecular complexity index is 581. The minimum Gasteiger partial charge on any atom is -0.465 e. The second-order valence-corrected chi connectivity index (χ2v) is 6.32. The lowest BCUT2D eigenvalue weighted by molar-refractivity contribution is 0.0602. The van der Waals surface area contributed by atoms with E-state index in [0.717, 1.165) is 19.4 Å². The Hall–Kier alpha value is -1.04. The molecule has 0 unspecified atom stereocenters. The lowest BCUT2D eigenvalue weighted by Gasteiger charge is -2.09. The molecule has 1 aromatic carbocycles. The third kappa shape index (κ3) is 3.49. The second-order valence-electron chi connectivity index (χ2n) is 3.73. The first kappa shape index (κ1) is 14.4. The Labute approximate surface area is 128 Å². The molecule has 2 rings (SSSR count). The zero-order valence-electron chi connectivity index (χ0n) is 10.1. The van der Waals surface area contributed by atoms with Gasteiger partial charge in [-0.3, -0.25) is 0 Å². The summed E-state index contributed by atoms with van der Waals surface area (Å²) in [4.78, 5) is 12.7. The molecule has 0 aliphatic rings. The van der Waals surface area contributed by atoms with Gasteiger partial charge in [-0.05, 0) is 34.1 Å². The first-order chi connectivity index (χ1) is 9.11. The summed E-state index contributed by atoms with van der Waals surface area (Å²) >= 11 is 10.8. The number of thiophene rings is 1. The molecule has 0 spiro atoms. The predicted octanol–water partition coefficient (Wildman–Crippen LogP) is 4.56. The summed E-state index contributed by atoms with van der Waals surface area (Å²) in [6.07, 6.45) is 0. The number of nitrogens with one attached hydrogen (secondary N) is 1. The number of para-hydroxylation sites is 1. The molecule has 0 saturated carbocycles. The van der Waals surface area contributed by atoms with Crippen LogP contribution in [0.5, 0.6) is 0 Å². The molecule has 6 heteroatoms. The van der Waals surface area contributed by atoms with Gasteiger partial charge in [0.25, 0.3) is 0 Å². The smallest absolute Gasteiger partial charge is 0.339 e. The molecule has 1 N–H and O–H groups in total. The highest BCUT2D eigenvalue weighted by Gasteiger charge is 2.11. The Kier molecular flexibility index (Phi) is 4.85. The number of esters is 1. The van der Waals surface area contributed by atoms with Crippen molar-refractivity contribution in [1.82, 2.24) is 0 Å². The number of rotatable bonds is 4. The molecule has 0 amide bonds. The SMILES string of the molecule is COC(=O)c1ccccc1NCc1cc(Br)c(Cl)s1. The van der Waals surface area contributed by atoms with Gasteiger partial charge in [0.15, 0.2) is 0 Å². The number of hydrogen-bond donors (Lipinski definition) is 1. The fourth-order valence-corrected chi connectivity index (χ4v) is 3.32. The van der Waals surface area contributed by atoms with E-state index in [1.807, 2.05) is 18.2 Å². The van der Waals surface area contributed by atoms with Crippen molar-refractivity contribution < 1.29 is 9.53 Å². The number of halogens is 2. The summed E-state index contributed by atoms with van der Waals surface area (Å²) in [5, 5.41) is 3.22. The Morgan fingerprint density at radius 1 is 1.47 bits per heavy atom. The number of anilines is 1. The zero-order valence-corrected chi connectivity index (χ0v) is 13.2. The van der Waals surface area contributed by atoms with Crippen molar-refractivity contribution in [1.29, 1.82) is 0 Å². The molecule has 19 heavy (non-hydrogen) atoms. The fraction of sp³-hybridized carbons (Fsp3) is 0.154. The van der Waals surface area contributed by atoms with Crippen LogP contribution in [-0.4, -0.2) is 13.1 Å². The van der Waals surface area contributed by atoms with Crippen LogP contribution < -0.4 is 5.32 Å². The van der Waals surface area contributed by atoms with E-state index in [-0.39, 0.29) is 5.97 Å². The Morgan fingerprint density at radius 2 is 2.21 bits per heavy atom. The van der Waals surface area contributed by atoms with E-state index < -0.39 is 0 Å². The molecule has 0 aliphatic heterocycles. The van der Waals surface area contributed by atoms with E-state index in [1.165, 1.54) is 18.4 Å². The van der Waals surface area contributed by atoms with Gasteiger partial charge >= 0.3 is 5.97 Å². The molecule has 0 saturated heterocycles. The Balaban J connectivity index is 2.13. The van der Waals surface area contributed by atoms with E-state index in [2.05, 4.69) is 21.2 Å². The second kappa shape index (κ2) is 6.41. The minimum atomic E-state index is -0.353. The molecule has 2 aromatic rings. The number of methoxy groups -OCH3 is 1. The maximum atomic E-state index is 11.6. The lowest BCUT2D eigenvalue weighted by Crippen LogP contribution is -2.07. The molecular weight excluding hydrogens is 350 g/mol. The summed E-state index contributed by atoms with van der Waals surface area (Å²) in [6.45, 7) is 0.601. The highest BCUT2D eigenvalue weighted by Crippen LogP contribution is 2.32. The normalized spacial score (nSPS) is 10.3. The van der Waals surface area contributed by atoms with Crippen LogP contribution in [0.25, 0.3) is 0 Å². The van der Waals surface area contributed by atoms with Crippen LogP contribution in [0.2, 0.25) is 4.34 Å². The van der Waals surface area contributed by atoms with Gasteiger partial charge in [-0.1, -0.05) is 23.7 Å². The summed E-state index contributed by atoms with van der Waals surface area (Å²) in [5.74, 6) is -0.353. The van der Waals surface area contributed by atoms with Crippen molar-refractivity contribution in [3.8, 4) is 0 Å². The third-order valence-electron chi connectivity index (χ3n) is 2.48. The van der Waals surface area contributed by atoms with Crippen molar-refractivity contribution in [2.75, 3.05) is 12.4 Å². The number of carbonyl (C=O) groups excluding carboxylic acids is 1. The average molecular weight is 361 g/mol. The molecule has 1 heterocycles. The van der Waals surface area contributed by atoms with Crippen molar-refractivity contribution in [3.05, 3.63) is 49.6 Å². The van der Waals surface area contributed by atoms with Gasteiger partial charge in [-0.25, -0.2) is 4.79 Å². The van der Waals surface area contributed by atoms with Gasteiger partial charge in [-0.15, -0.1) is 11.3 Å². The molecular formula is C13H11BrClNO2S. The molecule has 3 nitrogen and oxygen atoms in total. The van der Waals surface area contributed by atoms with Gasteiger partial charge in [0.05, 0.1) is 12.7 Å². The highest BCUT2D eigenvalue weighted by molar-refractivity contribution is 9.10. The maximum absolute atomic E-state index is 11.6. The van der Waals surface area contributed by atoms with Crippen LogP contribution in [0.4, 0.5) is 5.69 Å². The monoisotopic (exact) mass is 359 g/mol. The van der Waals surface area contributed by atoms with E-state index in [1.54, 1.807) is 12.1 Å². The van der Waals surface area contributed by atoms with Gasteiger partial charge in [-0.2, -0.15) is 0 Å². The predicted molar refractivity (Wildman–Crippen MR) is 82.1 cm³/mol.